The first-order chi connectivity index (χ1) is 16.9. The van der Waals surface area contributed by atoms with Gasteiger partial charge < -0.3 is 15.4 Å². The quantitative estimate of drug-likeness (QED) is 0.328. The minimum absolute atomic E-state index is 0.0286. The fraction of sp³-hybridized carbons (Fsp3) is 0.269. The fourth-order valence-electron chi connectivity index (χ4n) is 3.76. The molecule has 0 radical (unpaired) electrons. The van der Waals surface area contributed by atoms with Gasteiger partial charge in [0.15, 0.2) is 0 Å². The maximum atomic E-state index is 14.7. The Morgan fingerprint density at radius 3 is 2.11 bits per heavy atom. The molecule has 0 saturated carbocycles. The van der Waals surface area contributed by atoms with E-state index >= 15 is 0 Å². The van der Waals surface area contributed by atoms with Crippen LogP contribution in [0.1, 0.15) is 30.5 Å². The van der Waals surface area contributed by atoms with E-state index in [0.29, 0.717) is 11.6 Å². The highest BCUT2D eigenvalue weighted by atomic mass is 19.3. The van der Waals surface area contributed by atoms with E-state index in [0.717, 1.165) is 24.3 Å². The summed E-state index contributed by atoms with van der Waals surface area (Å²) in [5.41, 5.74) is -0.800. The second-order valence-corrected chi connectivity index (χ2v) is 8.47. The number of carbonyl (C=O) groups is 1. The van der Waals surface area contributed by atoms with E-state index in [1.807, 2.05) is 0 Å². The Morgan fingerprint density at radius 1 is 0.889 bits per heavy atom. The smallest absolute Gasteiger partial charge is 0.428 e. The summed E-state index contributed by atoms with van der Waals surface area (Å²) in [5.74, 6) is -2.53. The van der Waals surface area contributed by atoms with Crippen molar-refractivity contribution < 1.29 is 35.9 Å². The van der Waals surface area contributed by atoms with Crippen LogP contribution in [0.3, 0.4) is 0 Å². The zero-order valence-electron chi connectivity index (χ0n) is 19.4. The molecule has 2 amide bonds. The first-order valence-corrected chi connectivity index (χ1v) is 11.0. The van der Waals surface area contributed by atoms with Crippen molar-refractivity contribution in [2.45, 2.75) is 44.4 Å². The van der Waals surface area contributed by atoms with Gasteiger partial charge in [-0.1, -0.05) is 42.5 Å². The summed E-state index contributed by atoms with van der Waals surface area (Å²) in [6.07, 6.45) is -9.07. The summed E-state index contributed by atoms with van der Waals surface area (Å²) in [5, 5.41) is 5.42. The van der Waals surface area contributed by atoms with E-state index in [1.165, 1.54) is 12.1 Å². The Labute approximate surface area is 204 Å². The summed E-state index contributed by atoms with van der Waals surface area (Å²) < 4.78 is 85.4. The number of carbonyl (C=O) groups excluding carboxylic acids is 1. The molecule has 0 aromatic heterocycles. The van der Waals surface area contributed by atoms with Crippen molar-refractivity contribution in [3.8, 4) is 5.75 Å². The number of rotatable bonds is 9. The molecule has 3 aromatic carbocycles. The number of nitrogens with one attached hydrogen (secondary N) is 2. The zero-order valence-corrected chi connectivity index (χ0v) is 19.4. The lowest BCUT2D eigenvalue weighted by Crippen LogP contribution is -2.53. The van der Waals surface area contributed by atoms with Gasteiger partial charge in [0.25, 0.3) is 0 Å². The topological polar surface area (TPSA) is 50.4 Å². The highest BCUT2D eigenvalue weighted by Crippen LogP contribution is 2.37. The first kappa shape index (κ1) is 26.9. The van der Waals surface area contributed by atoms with Gasteiger partial charge in [0.1, 0.15) is 17.4 Å². The zero-order chi connectivity index (χ0) is 26.5. The predicted octanol–water partition coefficient (Wildman–Crippen LogP) is 6.40. The molecule has 0 aliphatic heterocycles. The van der Waals surface area contributed by atoms with Crippen molar-refractivity contribution in [2.75, 3.05) is 0 Å². The summed E-state index contributed by atoms with van der Waals surface area (Å²) in [6, 6.07) is 15.1. The van der Waals surface area contributed by atoms with Gasteiger partial charge in [-0.15, -0.1) is 0 Å². The third-order valence-electron chi connectivity index (χ3n) is 5.27. The van der Waals surface area contributed by atoms with Crippen LogP contribution in [0, 0.1) is 11.6 Å². The van der Waals surface area contributed by atoms with Crippen LogP contribution in [-0.4, -0.2) is 24.6 Å². The average Bonchev–Trinajstić information content (AvgIpc) is 2.78. The number of hydrogen-bond donors (Lipinski definition) is 2. The van der Waals surface area contributed by atoms with Crippen LogP contribution >= 0.6 is 0 Å². The predicted molar refractivity (Wildman–Crippen MR) is 122 cm³/mol. The lowest BCUT2D eigenvalue weighted by Gasteiger charge is -2.37. The number of urea groups is 1. The van der Waals surface area contributed by atoms with Crippen molar-refractivity contribution >= 4 is 6.03 Å². The maximum absolute atomic E-state index is 14.7. The van der Waals surface area contributed by atoms with Gasteiger partial charge in [-0.05, 0) is 54.8 Å². The number of benzene rings is 3. The molecule has 0 fully saturated rings. The SMILES string of the molecule is CC(C)NC(=O)NC(Cc1ccccc1)(c1ccc(F)cc1)c1cc(F)cc(OC(F)(F)C(F)F)c1. The van der Waals surface area contributed by atoms with E-state index in [-0.39, 0.29) is 23.6 Å². The van der Waals surface area contributed by atoms with Gasteiger partial charge in [0.2, 0.25) is 0 Å². The molecule has 3 aromatic rings. The van der Waals surface area contributed by atoms with Crippen LogP contribution < -0.4 is 15.4 Å². The van der Waals surface area contributed by atoms with Crippen LogP contribution in [-0.2, 0) is 12.0 Å². The lowest BCUT2D eigenvalue weighted by atomic mass is 9.77. The van der Waals surface area contributed by atoms with Crippen LogP contribution in [0.4, 0.5) is 31.1 Å². The number of halogens is 6. The molecule has 36 heavy (non-hydrogen) atoms. The van der Waals surface area contributed by atoms with E-state index in [2.05, 4.69) is 15.4 Å². The maximum Gasteiger partial charge on any atom is 0.461 e. The second-order valence-electron chi connectivity index (χ2n) is 8.47. The first-order valence-electron chi connectivity index (χ1n) is 11.0. The molecule has 192 valence electrons. The Bertz CT molecular complexity index is 1170. The largest absolute Gasteiger partial charge is 0.461 e. The van der Waals surface area contributed by atoms with Gasteiger partial charge >= 0.3 is 18.6 Å². The van der Waals surface area contributed by atoms with Crippen molar-refractivity contribution in [1.29, 1.82) is 0 Å². The highest BCUT2D eigenvalue weighted by molar-refractivity contribution is 5.76. The fourth-order valence-corrected chi connectivity index (χ4v) is 3.76. The molecule has 4 nitrogen and oxygen atoms in total. The van der Waals surface area contributed by atoms with Crippen molar-refractivity contribution in [1.82, 2.24) is 10.6 Å². The minimum Gasteiger partial charge on any atom is -0.428 e. The third kappa shape index (κ3) is 6.50. The van der Waals surface area contributed by atoms with Crippen molar-refractivity contribution in [3.63, 3.8) is 0 Å². The Balaban J connectivity index is 2.25. The monoisotopic (exact) mass is 510 g/mol. The summed E-state index contributed by atoms with van der Waals surface area (Å²) in [7, 11) is 0. The summed E-state index contributed by atoms with van der Waals surface area (Å²) >= 11 is 0. The molecule has 2 N–H and O–H groups in total. The van der Waals surface area contributed by atoms with Gasteiger partial charge in [-0.3, -0.25) is 0 Å². The van der Waals surface area contributed by atoms with Crippen LogP contribution in [0.15, 0.2) is 72.8 Å². The van der Waals surface area contributed by atoms with Crippen LogP contribution in [0.2, 0.25) is 0 Å². The average molecular weight is 510 g/mol. The number of ether oxygens (including phenoxy) is 1. The molecule has 1 unspecified atom stereocenters. The van der Waals surface area contributed by atoms with Gasteiger partial charge in [0.05, 0.1) is 5.54 Å². The number of amides is 2. The number of alkyl halides is 4. The summed E-state index contributed by atoms with van der Waals surface area (Å²) in [6.45, 7) is 3.41. The Morgan fingerprint density at radius 2 is 1.53 bits per heavy atom. The molecule has 10 heteroatoms. The summed E-state index contributed by atoms with van der Waals surface area (Å²) in [4.78, 5) is 12.9. The lowest BCUT2D eigenvalue weighted by molar-refractivity contribution is -0.253. The van der Waals surface area contributed by atoms with E-state index in [9.17, 15) is 31.1 Å². The molecule has 0 saturated heterocycles. The van der Waals surface area contributed by atoms with Crippen LogP contribution in [0.5, 0.6) is 5.75 Å². The molecule has 1 atom stereocenters. The molecule has 0 heterocycles. The Kier molecular flexibility index (Phi) is 8.17. The molecule has 0 aliphatic carbocycles. The molecule has 0 bridgehead atoms. The molecule has 0 aliphatic rings. The molecule has 0 spiro atoms. The Hall–Kier alpha value is -3.69. The van der Waals surface area contributed by atoms with Gasteiger partial charge in [-0.25, -0.2) is 13.6 Å². The van der Waals surface area contributed by atoms with Crippen molar-refractivity contribution in [3.05, 3.63) is 101 Å². The van der Waals surface area contributed by atoms with Gasteiger partial charge in [0, 0.05) is 18.5 Å². The normalized spacial score (nSPS) is 13.4. The highest BCUT2D eigenvalue weighted by Gasteiger charge is 2.45. The van der Waals surface area contributed by atoms with E-state index in [4.69, 9.17) is 0 Å². The molecular formula is C26H24F6N2O2. The number of hydrogen-bond acceptors (Lipinski definition) is 2. The molecule has 3 rings (SSSR count). The third-order valence-corrected chi connectivity index (χ3v) is 5.27. The van der Waals surface area contributed by atoms with Crippen LogP contribution in [0.25, 0.3) is 0 Å². The minimum atomic E-state index is -4.88. The van der Waals surface area contributed by atoms with E-state index in [1.54, 1.807) is 44.2 Å². The van der Waals surface area contributed by atoms with Crippen molar-refractivity contribution in [2.24, 2.45) is 0 Å². The standard InChI is InChI=1S/C26H24F6N2O2/c1-16(2)33-24(35)34-25(15-17-6-4-3-5-7-17,18-8-10-20(27)11-9-18)19-12-21(28)14-22(13-19)36-26(31,32)23(29)30/h3-14,16,23H,15H2,1-2H3,(H2,33,34,35). The molecular weight excluding hydrogens is 486 g/mol. The van der Waals surface area contributed by atoms with Gasteiger partial charge in [-0.2, -0.15) is 17.6 Å². The van der Waals surface area contributed by atoms with E-state index < -0.39 is 41.5 Å². The second kappa shape index (κ2) is 10.9.